The van der Waals surface area contributed by atoms with Crippen molar-refractivity contribution in [1.29, 1.82) is 0 Å². The standard InChI is InChI=1S/C15H26N4O4/c16-6-4-2-1-3-5-10-8-19(15(22)18-14(10)17)13-7-11(21)12(9-20)23-13/h8,11-13,20-21H,1-7,9,16H2,(H2,17,18,22)/t11-,12+,13+/m0/s1. The summed E-state index contributed by atoms with van der Waals surface area (Å²) in [6, 6.07) is 0. The van der Waals surface area contributed by atoms with E-state index < -0.39 is 24.1 Å². The Morgan fingerprint density at radius 1 is 1.35 bits per heavy atom. The first-order valence-corrected chi connectivity index (χ1v) is 8.08. The van der Waals surface area contributed by atoms with Crippen molar-refractivity contribution in [3.8, 4) is 0 Å². The second-order valence-electron chi connectivity index (χ2n) is 5.91. The average molecular weight is 326 g/mol. The highest BCUT2D eigenvalue weighted by molar-refractivity contribution is 5.36. The van der Waals surface area contributed by atoms with Crippen molar-refractivity contribution in [3.63, 3.8) is 0 Å². The van der Waals surface area contributed by atoms with Crippen molar-refractivity contribution in [2.45, 2.75) is 57.0 Å². The lowest BCUT2D eigenvalue weighted by atomic mass is 10.1. The number of rotatable bonds is 8. The van der Waals surface area contributed by atoms with Crippen LogP contribution in [0.25, 0.3) is 0 Å². The summed E-state index contributed by atoms with van der Waals surface area (Å²) in [4.78, 5) is 15.9. The predicted octanol–water partition coefficient (Wildman–Crippen LogP) is -0.472. The zero-order valence-electron chi connectivity index (χ0n) is 13.2. The molecule has 1 aromatic rings. The van der Waals surface area contributed by atoms with Crippen molar-refractivity contribution < 1.29 is 14.9 Å². The van der Waals surface area contributed by atoms with Gasteiger partial charge in [-0.1, -0.05) is 12.8 Å². The fourth-order valence-corrected chi connectivity index (χ4v) is 2.78. The molecular formula is C15H26N4O4. The van der Waals surface area contributed by atoms with Gasteiger partial charge < -0.3 is 26.4 Å². The largest absolute Gasteiger partial charge is 0.394 e. The fraction of sp³-hybridized carbons (Fsp3) is 0.733. The zero-order chi connectivity index (χ0) is 16.8. The molecular weight excluding hydrogens is 300 g/mol. The molecule has 8 heteroatoms. The van der Waals surface area contributed by atoms with Crippen LogP contribution in [-0.4, -0.2) is 45.1 Å². The average Bonchev–Trinajstić information content (AvgIpc) is 2.89. The summed E-state index contributed by atoms with van der Waals surface area (Å²) < 4.78 is 6.86. The Morgan fingerprint density at radius 3 is 2.74 bits per heavy atom. The van der Waals surface area contributed by atoms with E-state index in [9.17, 15) is 9.90 Å². The van der Waals surface area contributed by atoms with Gasteiger partial charge in [0.25, 0.3) is 0 Å². The second-order valence-corrected chi connectivity index (χ2v) is 5.91. The molecule has 0 aromatic carbocycles. The topological polar surface area (TPSA) is 137 Å². The maximum Gasteiger partial charge on any atom is 0.351 e. The minimum absolute atomic E-state index is 0.238. The number of nitrogen functional groups attached to an aromatic ring is 1. The van der Waals surface area contributed by atoms with Gasteiger partial charge in [-0.15, -0.1) is 0 Å². The first-order valence-electron chi connectivity index (χ1n) is 8.08. The SMILES string of the molecule is NCCCCCCc1cn([C@H]2C[C@H](O)[C@@H](CO)O2)c(=O)nc1N. The maximum absolute atomic E-state index is 12.0. The number of anilines is 1. The van der Waals surface area contributed by atoms with Gasteiger partial charge in [-0.2, -0.15) is 4.98 Å². The van der Waals surface area contributed by atoms with E-state index in [0.29, 0.717) is 6.54 Å². The van der Waals surface area contributed by atoms with Crippen LogP contribution >= 0.6 is 0 Å². The molecule has 1 aliphatic rings. The van der Waals surface area contributed by atoms with Gasteiger partial charge in [0.2, 0.25) is 0 Å². The Kier molecular flexibility index (Phi) is 6.52. The highest BCUT2D eigenvalue weighted by Gasteiger charge is 2.35. The van der Waals surface area contributed by atoms with E-state index in [2.05, 4.69) is 4.98 Å². The smallest absolute Gasteiger partial charge is 0.351 e. The normalized spacial score (nSPS) is 24.2. The Morgan fingerprint density at radius 2 is 2.09 bits per heavy atom. The summed E-state index contributed by atoms with van der Waals surface area (Å²) >= 11 is 0. The van der Waals surface area contributed by atoms with Crippen LogP contribution in [0.1, 0.15) is 43.9 Å². The van der Waals surface area contributed by atoms with Crippen LogP contribution in [0.3, 0.4) is 0 Å². The number of hydrogen-bond donors (Lipinski definition) is 4. The Balaban J connectivity index is 2.06. The van der Waals surface area contributed by atoms with Crippen LogP contribution in [0, 0.1) is 0 Å². The first kappa shape index (κ1) is 17.9. The highest BCUT2D eigenvalue weighted by atomic mass is 16.5. The molecule has 23 heavy (non-hydrogen) atoms. The van der Waals surface area contributed by atoms with E-state index in [1.54, 1.807) is 6.20 Å². The monoisotopic (exact) mass is 326 g/mol. The molecule has 0 aliphatic carbocycles. The summed E-state index contributed by atoms with van der Waals surface area (Å²) in [7, 11) is 0. The van der Waals surface area contributed by atoms with Crippen LogP contribution in [0.15, 0.2) is 11.0 Å². The molecule has 2 rings (SSSR count). The van der Waals surface area contributed by atoms with Gasteiger partial charge in [0.1, 0.15) is 18.1 Å². The molecule has 0 unspecified atom stereocenters. The van der Waals surface area contributed by atoms with Crippen molar-refractivity contribution in [3.05, 3.63) is 22.2 Å². The summed E-state index contributed by atoms with van der Waals surface area (Å²) in [5.41, 5.74) is 11.6. The van der Waals surface area contributed by atoms with Gasteiger partial charge in [-0.3, -0.25) is 4.57 Å². The summed E-state index contributed by atoms with van der Waals surface area (Å²) in [6.45, 7) is 0.408. The van der Waals surface area contributed by atoms with Crippen LogP contribution < -0.4 is 17.2 Å². The fourth-order valence-electron chi connectivity index (χ4n) is 2.78. The number of ether oxygens (including phenoxy) is 1. The molecule has 0 radical (unpaired) electrons. The van der Waals surface area contributed by atoms with E-state index in [1.165, 1.54) is 4.57 Å². The van der Waals surface area contributed by atoms with Gasteiger partial charge >= 0.3 is 5.69 Å². The summed E-state index contributed by atoms with van der Waals surface area (Å²) in [5.74, 6) is 0.238. The van der Waals surface area contributed by atoms with Crippen LogP contribution in [0.4, 0.5) is 5.82 Å². The van der Waals surface area contributed by atoms with Crippen molar-refractivity contribution in [2.24, 2.45) is 5.73 Å². The number of aromatic nitrogens is 2. The van der Waals surface area contributed by atoms with Crippen LogP contribution in [0.5, 0.6) is 0 Å². The third kappa shape index (κ3) is 4.51. The molecule has 3 atom stereocenters. The number of nitrogens with zero attached hydrogens (tertiary/aromatic N) is 2. The highest BCUT2D eigenvalue weighted by Crippen LogP contribution is 2.28. The minimum atomic E-state index is -0.797. The molecule has 1 fully saturated rings. The second kappa shape index (κ2) is 8.39. The third-order valence-electron chi connectivity index (χ3n) is 4.16. The zero-order valence-corrected chi connectivity index (χ0v) is 13.2. The number of unbranched alkanes of at least 4 members (excludes halogenated alkanes) is 3. The lowest BCUT2D eigenvalue weighted by Crippen LogP contribution is -2.29. The lowest BCUT2D eigenvalue weighted by molar-refractivity contribution is -0.0459. The van der Waals surface area contributed by atoms with Crippen molar-refractivity contribution in [2.75, 3.05) is 18.9 Å². The predicted molar refractivity (Wildman–Crippen MR) is 85.8 cm³/mol. The quantitative estimate of drug-likeness (QED) is 0.474. The van der Waals surface area contributed by atoms with Crippen LogP contribution in [0.2, 0.25) is 0 Å². The number of aryl methyl sites for hydroxylation is 1. The van der Waals surface area contributed by atoms with Gasteiger partial charge in [0, 0.05) is 18.2 Å². The molecule has 1 aliphatic heterocycles. The molecule has 8 nitrogen and oxygen atoms in total. The van der Waals surface area contributed by atoms with Crippen molar-refractivity contribution >= 4 is 5.82 Å². The van der Waals surface area contributed by atoms with Gasteiger partial charge in [-0.25, -0.2) is 4.79 Å². The van der Waals surface area contributed by atoms with Crippen LogP contribution in [-0.2, 0) is 11.2 Å². The third-order valence-corrected chi connectivity index (χ3v) is 4.16. The van der Waals surface area contributed by atoms with E-state index in [1.807, 2.05) is 0 Å². The number of aliphatic hydroxyl groups is 2. The Hall–Kier alpha value is -1.48. The lowest BCUT2D eigenvalue weighted by Gasteiger charge is -2.16. The summed E-state index contributed by atoms with van der Waals surface area (Å²) in [6.07, 6.45) is 4.58. The van der Waals surface area contributed by atoms with E-state index in [0.717, 1.165) is 37.7 Å². The molecule has 2 heterocycles. The van der Waals surface area contributed by atoms with Gasteiger partial charge in [0.05, 0.1) is 12.7 Å². The number of aliphatic hydroxyl groups excluding tert-OH is 2. The molecule has 130 valence electrons. The molecule has 0 bridgehead atoms. The van der Waals surface area contributed by atoms with Gasteiger partial charge in [0.15, 0.2) is 0 Å². The molecule has 1 saturated heterocycles. The molecule has 0 saturated carbocycles. The molecule has 0 amide bonds. The molecule has 1 aromatic heterocycles. The summed E-state index contributed by atoms with van der Waals surface area (Å²) in [5, 5.41) is 18.9. The number of hydrogen-bond acceptors (Lipinski definition) is 7. The minimum Gasteiger partial charge on any atom is -0.394 e. The molecule has 6 N–H and O–H groups in total. The Labute approximate surface area is 135 Å². The van der Waals surface area contributed by atoms with E-state index in [4.69, 9.17) is 21.3 Å². The van der Waals surface area contributed by atoms with Crippen molar-refractivity contribution in [1.82, 2.24) is 9.55 Å². The maximum atomic E-state index is 12.0. The van der Waals surface area contributed by atoms with Gasteiger partial charge in [-0.05, 0) is 25.8 Å². The van der Waals surface area contributed by atoms with E-state index >= 15 is 0 Å². The number of nitrogens with two attached hydrogens (primary N) is 2. The first-order chi connectivity index (χ1) is 11.1. The molecule has 0 spiro atoms. The van der Waals surface area contributed by atoms with E-state index in [-0.39, 0.29) is 18.8 Å². The Bertz CT molecular complexity index is 563.